The fourth-order valence-corrected chi connectivity index (χ4v) is 1.95. The second kappa shape index (κ2) is 6.82. The maximum atomic E-state index is 11.3. The second-order valence-electron chi connectivity index (χ2n) is 4.09. The first kappa shape index (κ1) is 11.5. The highest BCUT2D eigenvalue weighted by molar-refractivity contribution is 5.77. The Hall–Kier alpha value is -0.570. The van der Waals surface area contributed by atoms with Crippen LogP contribution < -0.4 is 10.6 Å². The number of hydrogen-bond donors (Lipinski definition) is 2. The minimum absolute atomic E-state index is 0.137. The summed E-state index contributed by atoms with van der Waals surface area (Å²) in [5.74, 6) is 0.867. The third kappa shape index (κ3) is 4.61. The molecule has 0 aliphatic heterocycles. The molecule has 0 unspecified atom stereocenters. The average molecular weight is 198 g/mol. The highest BCUT2D eigenvalue weighted by Gasteiger charge is 2.13. The molecule has 14 heavy (non-hydrogen) atoms. The largest absolute Gasteiger partial charge is 0.355 e. The van der Waals surface area contributed by atoms with Gasteiger partial charge < -0.3 is 10.6 Å². The van der Waals surface area contributed by atoms with Crippen LogP contribution >= 0.6 is 0 Å². The highest BCUT2D eigenvalue weighted by Crippen LogP contribution is 2.22. The number of nitrogens with one attached hydrogen (secondary N) is 2. The second-order valence-corrected chi connectivity index (χ2v) is 4.09. The van der Waals surface area contributed by atoms with Gasteiger partial charge in [-0.05, 0) is 25.3 Å². The van der Waals surface area contributed by atoms with Gasteiger partial charge in [0.15, 0.2) is 0 Å². The summed E-state index contributed by atoms with van der Waals surface area (Å²) in [5.41, 5.74) is 0. The molecule has 2 N–H and O–H groups in total. The van der Waals surface area contributed by atoms with Crippen molar-refractivity contribution < 1.29 is 4.79 Å². The first-order valence-electron chi connectivity index (χ1n) is 5.80. The lowest BCUT2D eigenvalue weighted by molar-refractivity contribution is -0.120. The van der Waals surface area contributed by atoms with Gasteiger partial charge in [-0.1, -0.05) is 26.2 Å². The van der Waals surface area contributed by atoms with Crippen LogP contribution in [0.5, 0.6) is 0 Å². The van der Waals surface area contributed by atoms with E-state index in [1.165, 1.54) is 32.1 Å². The number of amides is 1. The molecule has 0 aromatic heterocycles. The van der Waals surface area contributed by atoms with Crippen molar-refractivity contribution in [3.63, 3.8) is 0 Å². The van der Waals surface area contributed by atoms with E-state index in [9.17, 15) is 4.79 Å². The maximum Gasteiger partial charge on any atom is 0.233 e. The van der Waals surface area contributed by atoms with E-state index in [0.717, 1.165) is 19.0 Å². The Balaban J connectivity index is 2.03. The van der Waals surface area contributed by atoms with Gasteiger partial charge in [0.25, 0.3) is 0 Å². The third-order valence-electron chi connectivity index (χ3n) is 2.85. The molecule has 1 amide bonds. The van der Waals surface area contributed by atoms with E-state index >= 15 is 0 Å². The molecule has 1 saturated carbocycles. The minimum Gasteiger partial charge on any atom is -0.355 e. The molecule has 1 aliphatic carbocycles. The first-order chi connectivity index (χ1) is 6.83. The van der Waals surface area contributed by atoms with Crippen LogP contribution in [-0.4, -0.2) is 25.5 Å². The Labute approximate surface area is 86.6 Å². The Morgan fingerprint density at radius 3 is 2.64 bits per heavy atom. The molecule has 0 atom stereocenters. The maximum absolute atomic E-state index is 11.3. The summed E-state index contributed by atoms with van der Waals surface area (Å²) in [7, 11) is 0. The zero-order valence-corrected chi connectivity index (χ0v) is 9.14. The van der Waals surface area contributed by atoms with Crippen LogP contribution in [0.1, 0.15) is 39.0 Å². The molecule has 1 fully saturated rings. The number of carbonyl (C=O) groups is 1. The molecule has 3 heteroatoms. The zero-order valence-electron chi connectivity index (χ0n) is 9.14. The van der Waals surface area contributed by atoms with Crippen LogP contribution in [0.4, 0.5) is 0 Å². The van der Waals surface area contributed by atoms with E-state index in [4.69, 9.17) is 0 Å². The Bertz CT molecular complexity index is 165. The lowest BCUT2D eigenvalue weighted by Crippen LogP contribution is -2.36. The summed E-state index contributed by atoms with van der Waals surface area (Å²) < 4.78 is 0. The summed E-state index contributed by atoms with van der Waals surface area (Å²) in [6, 6.07) is 0. The average Bonchev–Trinajstić information content (AvgIpc) is 2.25. The van der Waals surface area contributed by atoms with Gasteiger partial charge in [-0.25, -0.2) is 0 Å². The van der Waals surface area contributed by atoms with Crippen molar-refractivity contribution in [1.82, 2.24) is 10.6 Å². The van der Waals surface area contributed by atoms with Gasteiger partial charge >= 0.3 is 0 Å². The highest BCUT2D eigenvalue weighted by atomic mass is 16.1. The summed E-state index contributed by atoms with van der Waals surface area (Å²) in [6.45, 7) is 4.21. The first-order valence-corrected chi connectivity index (χ1v) is 5.80. The number of rotatable bonds is 5. The van der Waals surface area contributed by atoms with Crippen LogP contribution in [-0.2, 0) is 4.79 Å². The van der Waals surface area contributed by atoms with Gasteiger partial charge in [-0.15, -0.1) is 0 Å². The summed E-state index contributed by atoms with van der Waals surface area (Å²) in [4.78, 5) is 11.3. The number of carbonyl (C=O) groups excluding carboxylic acids is 1. The Kier molecular flexibility index (Phi) is 5.60. The molecule has 1 rings (SSSR count). The molecule has 0 heterocycles. The normalized spacial score (nSPS) is 18.1. The minimum atomic E-state index is 0.137. The molecule has 0 aromatic carbocycles. The van der Waals surface area contributed by atoms with Crippen LogP contribution in [0, 0.1) is 5.92 Å². The van der Waals surface area contributed by atoms with E-state index in [1.807, 2.05) is 6.92 Å². The van der Waals surface area contributed by atoms with Crippen molar-refractivity contribution in [2.75, 3.05) is 19.6 Å². The SMILES string of the molecule is CCNCC(=O)NCC1CCCCC1. The van der Waals surface area contributed by atoms with Crippen LogP contribution in [0.2, 0.25) is 0 Å². The fraction of sp³-hybridized carbons (Fsp3) is 0.909. The number of hydrogen-bond acceptors (Lipinski definition) is 2. The van der Waals surface area contributed by atoms with Crippen LogP contribution in [0.3, 0.4) is 0 Å². The predicted octanol–water partition coefficient (Wildman–Crippen LogP) is 1.29. The molecule has 0 radical (unpaired) electrons. The summed E-state index contributed by atoms with van der Waals surface area (Å²) in [6.07, 6.45) is 6.65. The molecule has 0 bridgehead atoms. The standard InChI is InChI=1S/C11H22N2O/c1-2-12-9-11(14)13-8-10-6-4-3-5-7-10/h10,12H,2-9H2,1H3,(H,13,14). The van der Waals surface area contributed by atoms with E-state index < -0.39 is 0 Å². The smallest absolute Gasteiger partial charge is 0.233 e. The van der Waals surface area contributed by atoms with Crippen LogP contribution in [0.25, 0.3) is 0 Å². The molecular formula is C11H22N2O. The lowest BCUT2D eigenvalue weighted by atomic mass is 9.89. The molecule has 82 valence electrons. The molecule has 0 spiro atoms. The molecule has 3 nitrogen and oxygen atoms in total. The van der Waals surface area contributed by atoms with Gasteiger partial charge in [0, 0.05) is 6.54 Å². The van der Waals surface area contributed by atoms with Gasteiger partial charge in [0.1, 0.15) is 0 Å². The van der Waals surface area contributed by atoms with E-state index in [2.05, 4.69) is 10.6 Å². The molecule has 0 saturated heterocycles. The van der Waals surface area contributed by atoms with Gasteiger partial charge in [-0.3, -0.25) is 4.79 Å². The van der Waals surface area contributed by atoms with Gasteiger partial charge in [-0.2, -0.15) is 0 Å². The van der Waals surface area contributed by atoms with E-state index in [1.54, 1.807) is 0 Å². The molecule has 0 aromatic rings. The Morgan fingerprint density at radius 1 is 1.29 bits per heavy atom. The zero-order chi connectivity index (χ0) is 10.2. The van der Waals surface area contributed by atoms with Crippen molar-refractivity contribution in [3.8, 4) is 0 Å². The number of likely N-dealkylation sites (N-methyl/N-ethyl adjacent to an activating group) is 1. The summed E-state index contributed by atoms with van der Waals surface area (Å²) >= 11 is 0. The van der Waals surface area contributed by atoms with Crippen molar-refractivity contribution >= 4 is 5.91 Å². The molecule has 1 aliphatic rings. The Morgan fingerprint density at radius 2 is 2.00 bits per heavy atom. The van der Waals surface area contributed by atoms with Gasteiger partial charge in [0.05, 0.1) is 6.54 Å². The van der Waals surface area contributed by atoms with Crippen molar-refractivity contribution in [2.45, 2.75) is 39.0 Å². The van der Waals surface area contributed by atoms with E-state index in [-0.39, 0.29) is 5.91 Å². The monoisotopic (exact) mass is 198 g/mol. The van der Waals surface area contributed by atoms with Crippen molar-refractivity contribution in [2.24, 2.45) is 5.92 Å². The van der Waals surface area contributed by atoms with E-state index in [0.29, 0.717) is 6.54 Å². The fourth-order valence-electron chi connectivity index (χ4n) is 1.95. The summed E-state index contributed by atoms with van der Waals surface area (Å²) in [5, 5.41) is 6.01. The van der Waals surface area contributed by atoms with Crippen LogP contribution in [0.15, 0.2) is 0 Å². The third-order valence-corrected chi connectivity index (χ3v) is 2.85. The van der Waals surface area contributed by atoms with Gasteiger partial charge in [0.2, 0.25) is 5.91 Å². The van der Waals surface area contributed by atoms with Crippen molar-refractivity contribution in [3.05, 3.63) is 0 Å². The quantitative estimate of drug-likeness (QED) is 0.699. The molecular weight excluding hydrogens is 176 g/mol. The topological polar surface area (TPSA) is 41.1 Å². The predicted molar refractivity (Wildman–Crippen MR) is 58.1 cm³/mol. The lowest BCUT2D eigenvalue weighted by Gasteiger charge is -2.21. The van der Waals surface area contributed by atoms with Crippen molar-refractivity contribution in [1.29, 1.82) is 0 Å².